The number of nitrogens with zero attached hydrogens (tertiary/aromatic N) is 2. The number of aliphatic hydroxyl groups is 2. The molecule has 108 valence electrons. The highest BCUT2D eigenvalue weighted by Crippen LogP contribution is 2.12. The Balaban J connectivity index is 2.70. The first-order valence-corrected chi connectivity index (χ1v) is 6.01. The molecule has 0 atom stereocenters. The second-order valence-corrected chi connectivity index (χ2v) is 3.95. The van der Waals surface area contributed by atoms with Crippen molar-refractivity contribution in [1.82, 2.24) is 4.90 Å². The van der Waals surface area contributed by atoms with Gasteiger partial charge in [0.25, 0.3) is 5.69 Å². The van der Waals surface area contributed by atoms with Gasteiger partial charge in [0.1, 0.15) is 0 Å². The van der Waals surface area contributed by atoms with Crippen LogP contribution in [-0.4, -0.2) is 52.2 Å². The summed E-state index contributed by atoms with van der Waals surface area (Å²) in [6.45, 7) is -0.0811. The first kappa shape index (κ1) is 15.8. The van der Waals surface area contributed by atoms with Gasteiger partial charge in [-0.05, 0) is 23.8 Å². The summed E-state index contributed by atoms with van der Waals surface area (Å²) in [5, 5.41) is 28.1. The van der Waals surface area contributed by atoms with Crippen LogP contribution >= 0.6 is 0 Å². The summed E-state index contributed by atoms with van der Waals surface area (Å²) in [5.74, 6) is -0.341. The minimum absolute atomic E-state index is 0.0179. The second kappa shape index (κ2) is 8.03. The van der Waals surface area contributed by atoms with Gasteiger partial charge in [-0.3, -0.25) is 14.9 Å². The molecule has 0 aromatic heterocycles. The lowest BCUT2D eigenvalue weighted by atomic mass is 10.2. The number of nitro groups is 1. The predicted molar refractivity (Wildman–Crippen MR) is 72.9 cm³/mol. The maximum Gasteiger partial charge on any atom is 0.269 e. The summed E-state index contributed by atoms with van der Waals surface area (Å²) in [5.41, 5.74) is 0.632. The smallest absolute Gasteiger partial charge is 0.269 e. The number of nitro benzene ring substituents is 1. The van der Waals surface area contributed by atoms with Crippen LogP contribution in [0.1, 0.15) is 5.56 Å². The molecule has 0 fully saturated rings. The average Bonchev–Trinajstić information content (AvgIpc) is 2.45. The second-order valence-electron chi connectivity index (χ2n) is 3.95. The Morgan fingerprint density at radius 1 is 1.20 bits per heavy atom. The van der Waals surface area contributed by atoms with Crippen LogP contribution in [0.25, 0.3) is 6.08 Å². The van der Waals surface area contributed by atoms with E-state index < -0.39 is 4.92 Å². The zero-order chi connectivity index (χ0) is 15.0. The van der Waals surface area contributed by atoms with Crippen molar-refractivity contribution in [3.05, 3.63) is 46.0 Å². The van der Waals surface area contributed by atoms with Crippen LogP contribution in [0.15, 0.2) is 30.3 Å². The topological polar surface area (TPSA) is 104 Å². The Hall–Kier alpha value is -2.25. The number of hydrogen-bond acceptors (Lipinski definition) is 5. The highest BCUT2D eigenvalue weighted by atomic mass is 16.6. The molecule has 0 saturated heterocycles. The van der Waals surface area contributed by atoms with Crippen molar-refractivity contribution in [2.24, 2.45) is 0 Å². The molecule has 2 N–H and O–H groups in total. The third-order valence-electron chi connectivity index (χ3n) is 2.57. The van der Waals surface area contributed by atoms with Crippen molar-refractivity contribution in [2.45, 2.75) is 0 Å². The van der Waals surface area contributed by atoms with Crippen LogP contribution in [0.5, 0.6) is 0 Å². The van der Waals surface area contributed by atoms with Gasteiger partial charge in [0.2, 0.25) is 5.91 Å². The molecule has 7 heteroatoms. The average molecular weight is 280 g/mol. The van der Waals surface area contributed by atoms with Crippen molar-refractivity contribution >= 4 is 17.7 Å². The van der Waals surface area contributed by atoms with Crippen molar-refractivity contribution < 1.29 is 19.9 Å². The Kier molecular flexibility index (Phi) is 6.34. The molecule has 0 radical (unpaired) electrons. The van der Waals surface area contributed by atoms with E-state index in [1.54, 1.807) is 0 Å². The Morgan fingerprint density at radius 2 is 1.75 bits per heavy atom. The van der Waals surface area contributed by atoms with Crippen LogP contribution in [0.3, 0.4) is 0 Å². The quantitative estimate of drug-likeness (QED) is 0.428. The van der Waals surface area contributed by atoms with E-state index in [1.807, 2.05) is 0 Å². The number of hydrogen-bond donors (Lipinski definition) is 2. The molecule has 0 unspecified atom stereocenters. The summed E-state index contributed by atoms with van der Waals surface area (Å²) in [7, 11) is 0. The van der Waals surface area contributed by atoms with Gasteiger partial charge in [0.05, 0.1) is 18.1 Å². The zero-order valence-corrected chi connectivity index (χ0v) is 10.8. The number of rotatable bonds is 7. The molecule has 0 saturated carbocycles. The fourth-order valence-corrected chi connectivity index (χ4v) is 1.55. The Morgan fingerprint density at radius 3 is 2.20 bits per heavy atom. The van der Waals surface area contributed by atoms with Crippen LogP contribution < -0.4 is 0 Å². The number of benzene rings is 1. The number of non-ortho nitro benzene ring substituents is 1. The maximum absolute atomic E-state index is 11.8. The summed E-state index contributed by atoms with van der Waals surface area (Å²) >= 11 is 0. The molecule has 0 heterocycles. The van der Waals surface area contributed by atoms with Crippen molar-refractivity contribution in [1.29, 1.82) is 0 Å². The minimum Gasteiger partial charge on any atom is -0.395 e. The van der Waals surface area contributed by atoms with E-state index in [1.165, 1.54) is 41.3 Å². The molecule has 7 nitrogen and oxygen atoms in total. The number of carbonyl (C=O) groups excluding carboxylic acids is 1. The van der Waals surface area contributed by atoms with E-state index in [4.69, 9.17) is 10.2 Å². The van der Waals surface area contributed by atoms with Gasteiger partial charge >= 0.3 is 0 Å². The van der Waals surface area contributed by atoms with Gasteiger partial charge in [-0.1, -0.05) is 0 Å². The lowest BCUT2D eigenvalue weighted by Gasteiger charge is -2.18. The lowest BCUT2D eigenvalue weighted by Crippen LogP contribution is -2.34. The molecule has 0 aliphatic heterocycles. The van der Waals surface area contributed by atoms with E-state index in [2.05, 4.69) is 0 Å². The van der Waals surface area contributed by atoms with E-state index >= 15 is 0 Å². The first-order valence-electron chi connectivity index (χ1n) is 6.01. The fraction of sp³-hybridized carbons (Fsp3) is 0.308. The maximum atomic E-state index is 11.8. The van der Waals surface area contributed by atoms with Gasteiger partial charge in [-0.15, -0.1) is 0 Å². The third kappa shape index (κ3) is 4.79. The summed E-state index contributed by atoms with van der Waals surface area (Å²) in [6.07, 6.45) is 2.82. The fourth-order valence-electron chi connectivity index (χ4n) is 1.55. The summed E-state index contributed by atoms with van der Waals surface area (Å²) in [6, 6.07) is 5.77. The molecule has 20 heavy (non-hydrogen) atoms. The van der Waals surface area contributed by atoms with Crippen molar-refractivity contribution in [3.63, 3.8) is 0 Å². The number of carbonyl (C=O) groups is 1. The van der Waals surface area contributed by atoms with Crippen LogP contribution in [0.4, 0.5) is 5.69 Å². The van der Waals surface area contributed by atoms with Crippen molar-refractivity contribution in [3.8, 4) is 0 Å². The zero-order valence-electron chi connectivity index (χ0n) is 10.8. The SMILES string of the molecule is O=C(C=Cc1ccc([N+](=O)[O-])cc1)N(CCO)CCO. The van der Waals surface area contributed by atoms with Crippen LogP contribution in [-0.2, 0) is 4.79 Å². The molecule has 1 aromatic rings. The van der Waals surface area contributed by atoms with E-state index in [9.17, 15) is 14.9 Å². The number of amides is 1. The monoisotopic (exact) mass is 280 g/mol. The molecule has 0 spiro atoms. The molecule has 0 aliphatic rings. The predicted octanol–water partition coefficient (Wildman–Crippen LogP) is 0.421. The largest absolute Gasteiger partial charge is 0.395 e. The van der Waals surface area contributed by atoms with Gasteiger partial charge in [0, 0.05) is 31.3 Å². The highest BCUT2D eigenvalue weighted by Gasteiger charge is 2.09. The van der Waals surface area contributed by atoms with Gasteiger partial charge in [-0.25, -0.2) is 0 Å². The molecule has 1 rings (SSSR count). The van der Waals surface area contributed by atoms with E-state index in [0.29, 0.717) is 5.56 Å². The van der Waals surface area contributed by atoms with Gasteiger partial charge < -0.3 is 15.1 Å². The Bertz CT molecular complexity index is 478. The third-order valence-corrected chi connectivity index (χ3v) is 2.57. The van der Waals surface area contributed by atoms with Gasteiger partial charge in [-0.2, -0.15) is 0 Å². The summed E-state index contributed by atoms with van der Waals surface area (Å²) < 4.78 is 0. The molecular weight excluding hydrogens is 264 g/mol. The minimum atomic E-state index is -0.497. The van der Waals surface area contributed by atoms with Crippen molar-refractivity contribution in [2.75, 3.05) is 26.3 Å². The Labute approximate surface area is 115 Å². The molecular formula is C13H16N2O5. The highest BCUT2D eigenvalue weighted by molar-refractivity contribution is 5.91. The van der Waals surface area contributed by atoms with E-state index in [-0.39, 0.29) is 37.9 Å². The molecule has 1 aromatic carbocycles. The van der Waals surface area contributed by atoms with E-state index in [0.717, 1.165) is 0 Å². The van der Waals surface area contributed by atoms with Gasteiger partial charge in [0.15, 0.2) is 0 Å². The standard InChI is InChI=1S/C13H16N2O5/c16-9-7-14(8-10-17)13(18)6-3-11-1-4-12(5-2-11)15(19)20/h1-6,16-17H,7-10H2. The molecule has 1 amide bonds. The first-order chi connectivity index (χ1) is 9.58. The van der Waals surface area contributed by atoms with Crippen LogP contribution in [0.2, 0.25) is 0 Å². The lowest BCUT2D eigenvalue weighted by molar-refractivity contribution is -0.384. The normalized spacial score (nSPS) is 10.7. The van der Waals surface area contributed by atoms with Crippen LogP contribution in [0, 0.1) is 10.1 Å². The summed E-state index contributed by atoms with van der Waals surface area (Å²) in [4.78, 5) is 23.1. The number of aliphatic hydroxyl groups excluding tert-OH is 2. The molecule has 0 aliphatic carbocycles. The molecule has 0 bridgehead atoms.